The van der Waals surface area contributed by atoms with Gasteiger partial charge in [-0.1, -0.05) is 47.7 Å². The number of nitrogens with one attached hydrogen (secondary N) is 1. The smallest absolute Gasteiger partial charge is 0.292 e. The standard InChI is InChI=1S/C25H22N8O4/c1-15-22(33(32-28-15)24-23(26)30-37-31-24)25(34)29-27-13-16-10-11-20(21(12-16)35-2)36-14-18-8-5-7-17-6-3-4-9-19(17)18/h3-13H,14H2,1-2H3,(H2,26,30)(H,29,34). The summed E-state index contributed by atoms with van der Waals surface area (Å²) < 4.78 is 17.3. The van der Waals surface area contributed by atoms with Crippen LogP contribution in [0.2, 0.25) is 0 Å². The Morgan fingerprint density at radius 1 is 1.14 bits per heavy atom. The zero-order valence-electron chi connectivity index (χ0n) is 20.0. The zero-order chi connectivity index (χ0) is 25.8. The summed E-state index contributed by atoms with van der Waals surface area (Å²) in [5.74, 6) is 0.572. The lowest BCUT2D eigenvalue weighted by atomic mass is 10.1. The van der Waals surface area contributed by atoms with Gasteiger partial charge in [0.05, 0.1) is 19.0 Å². The molecule has 1 amide bonds. The zero-order valence-corrected chi connectivity index (χ0v) is 20.0. The predicted octanol–water partition coefficient (Wildman–Crippen LogP) is 3.05. The monoisotopic (exact) mass is 498 g/mol. The first-order valence-corrected chi connectivity index (χ1v) is 11.2. The van der Waals surface area contributed by atoms with E-state index in [1.165, 1.54) is 6.21 Å². The average Bonchev–Trinajstić information content (AvgIpc) is 3.52. The molecule has 5 aromatic rings. The van der Waals surface area contributed by atoms with Crippen molar-refractivity contribution < 1.29 is 18.9 Å². The van der Waals surface area contributed by atoms with Gasteiger partial charge in [0.2, 0.25) is 11.6 Å². The van der Waals surface area contributed by atoms with Crippen molar-refractivity contribution in [1.82, 2.24) is 30.7 Å². The Labute approximate surface area is 210 Å². The Hall–Kier alpha value is -5.26. The molecule has 186 valence electrons. The summed E-state index contributed by atoms with van der Waals surface area (Å²) in [7, 11) is 1.56. The van der Waals surface area contributed by atoms with Gasteiger partial charge in [-0.25, -0.2) is 10.1 Å². The van der Waals surface area contributed by atoms with Crippen LogP contribution >= 0.6 is 0 Å². The maximum atomic E-state index is 12.7. The SMILES string of the molecule is COc1cc(C=NNC(=O)c2c(C)nnn2-c2nonc2N)ccc1OCc1cccc2ccccc12. The van der Waals surface area contributed by atoms with Gasteiger partial charge in [0, 0.05) is 0 Å². The number of hydrogen-bond donors (Lipinski definition) is 2. The Morgan fingerprint density at radius 3 is 2.78 bits per heavy atom. The van der Waals surface area contributed by atoms with Gasteiger partial charge in [-0.15, -0.1) is 5.10 Å². The summed E-state index contributed by atoms with van der Waals surface area (Å²) in [5, 5.41) is 21.2. The molecule has 3 aromatic carbocycles. The van der Waals surface area contributed by atoms with E-state index in [0.29, 0.717) is 29.4 Å². The second kappa shape index (κ2) is 10.2. The molecule has 0 aliphatic rings. The minimum atomic E-state index is -0.567. The number of aryl methyl sites for hydroxylation is 1. The topological polar surface area (TPSA) is 156 Å². The number of carbonyl (C=O) groups is 1. The molecule has 0 fully saturated rings. The summed E-state index contributed by atoms with van der Waals surface area (Å²) in [5.41, 5.74) is 10.4. The molecule has 37 heavy (non-hydrogen) atoms. The van der Waals surface area contributed by atoms with E-state index in [9.17, 15) is 4.79 Å². The number of nitrogens with two attached hydrogens (primary N) is 1. The van der Waals surface area contributed by atoms with Gasteiger partial charge in [0.1, 0.15) is 6.61 Å². The largest absolute Gasteiger partial charge is 0.493 e. The van der Waals surface area contributed by atoms with Crippen LogP contribution < -0.4 is 20.6 Å². The third-order valence-corrected chi connectivity index (χ3v) is 5.58. The fourth-order valence-electron chi connectivity index (χ4n) is 3.78. The summed E-state index contributed by atoms with van der Waals surface area (Å²) in [6.45, 7) is 2.00. The molecule has 0 radical (unpaired) electrons. The molecule has 2 heterocycles. The highest BCUT2D eigenvalue weighted by Gasteiger charge is 2.22. The first-order valence-electron chi connectivity index (χ1n) is 11.2. The molecule has 12 heteroatoms. The Balaban J connectivity index is 1.28. The molecule has 0 saturated heterocycles. The summed E-state index contributed by atoms with van der Waals surface area (Å²) in [4.78, 5) is 12.7. The molecule has 5 rings (SSSR count). The maximum Gasteiger partial charge on any atom is 0.292 e. The molecule has 0 atom stereocenters. The van der Waals surface area contributed by atoms with Gasteiger partial charge in [-0.2, -0.15) is 9.78 Å². The van der Waals surface area contributed by atoms with Crippen molar-refractivity contribution >= 4 is 28.7 Å². The van der Waals surface area contributed by atoms with Crippen molar-refractivity contribution in [3.63, 3.8) is 0 Å². The van der Waals surface area contributed by atoms with Crippen LogP contribution in [0.25, 0.3) is 16.6 Å². The maximum absolute atomic E-state index is 12.7. The van der Waals surface area contributed by atoms with E-state index in [2.05, 4.69) is 54.0 Å². The van der Waals surface area contributed by atoms with Crippen molar-refractivity contribution in [2.24, 2.45) is 5.10 Å². The van der Waals surface area contributed by atoms with E-state index in [0.717, 1.165) is 21.0 Å². The van der Waals surface area contributed by atoms with Crippen LogP contribution in [0.3, 0.4) is 0 Å². The molecule has 0 bridgehead atoms. The van der Waals surface area contributed by atoms with Gasteiger partial charge < -0.3 is 15.2 Å². The van der Waals surface area contributed by atoms with E-state index in [1.807, 2.05) is 24.3 Å². The second-order valence-corrected chi connectivity index (χ2v) is 7.94. The number of hydrazone groups is 1. The van der Waals surface area contributed by atoms with Crippen LogP contribution in [-0.2, 0) is 6.61 Å². The second-order valence-electron chi connectivity index (χ2n) is 7.94. The van der Waals surface area contributed by atoms with Crippen LogP contribution in [-0.4, -0.2) is 44.5 Å². The number of nitrogens with zero attached hydrogens (tertiary/aromatic N) is 6. The fourth-order valence-corrected chi connectivity index (χ4v) is 3.78. The molecule has 0 aliphatic heterocycles. The molecule has 3 N–H and O–H groups in total. The number of aromatic nitrogens is 5. The van der Waals surface area contributed by atoms with Crippen LogP contribution in [0.1, 0.15) is 27.3 Å². The van der Waals surface area contributed by atoms with Crippen LogP contribution in [0, 0.1) is 6.92 Å². The molecule has 0 unspecified atom stereocenters. The van der Waals surface area contributed by atoms with E-state index >= 15 is 0 Å². The molecule has 0 aliphatic carbocycles. The number of nitrogen functional groups attached to an aromatic ring is 1. The van der Waals surface area contributed by atoms with E-state index in [4.69, 9.17) is 15.2 Å². The number of methoxy groups -OCH3 is 1. The van der Waals surface area contributed by atoms with Crippen molar-refractivity contribution in [1.29, 1.82) is 0 Å². The van der Waals surface area contributed by atoms with E-state index in [1.54, 1.807) is 32.2 Å². The predicted molar refractivity (Wildman–Crippen MR) is 135 cm³/mol. The van der Waals surface area contributed by atoms with Crippen molar-refractivity contribution in [2.75, 3.05) is 12.8 Å². The number of rotatable bonds is 8. The van der Waals surface area contributed by atoms with Crippen LogP contribution in [0.4, 0.5) is 5.82 Å². The third kappa shape index (κ3) is 4.80. The Morgan fingerprint density at radius 2 is 1.97 bits per heavy atom. The van der Waals surface area contributed by atoms with Gasteiger partial charge in [0.25, 0.3) is 5.91 Å². The number of anilines is 1. The highest BCUT2D eigenvalue weighted by atomic mass is 16.6. The number of carbonyl (C=O) groups excluding carboxylic acids is 1. The highest BCUT2D eigenvalue weighted by Crippen LogP contribution is 2.29. The number of benzene rings is 3. The molecule has 0 spiro atoms. The molecular formula is C25H22N8O4. The summed E-state index contributed by atoms with van der Waals surface area (Å²) >= 11 is 0. The van der Waals surface area contributed by atoms with Crippen LogP contribution in [0.15, 0.2) is 70.4 Å². The molecule has 12 nitrogen and oxygen atoms in total. The van der Waals surface area contributed by atoms with Gasteiger partial charge in [0.15, 0.2) is 17.2 Å². The van der Waals surface area contributed by atoms with Crippen molar-refractivity contribution in [3.8, 4) is 17.3 Å². The Kier molecular flexibility index (Phi) is 6.45. The lowest BCUT2D eigenvalue weighted by Crippen LogP contribution is -2.22. The average molecular weight is 499 g/mol. The lowest BCUT2D eigenvalue weighted by molar-refractivity contribution is 0.0946. The lowest BCUT2D eigenvalue weighted by Gasteiger charge is -2.12. The van der Waals surface area contributed by atoms with E-state index in [-0.39, 0.29) is 17.3 Å². The first kappa shape index (κ1) is 23.5. The van der Waals surface area contributed by atoms with Crippen LogP contribution in [0.5, 0.6) is 11.5 Å². The number of hydrogen-bond acceptors (Lipinski definition) is 10. The highest BCUT2D eigenvalue weighted by molar-refractivity contribution is 5.95. The third-order valence-electron chi connectivity index (χ3n) is 5.58. The van der Waals surface area contributed by atoms with Crippen molar-refractivity contribution in [2.45, 2.75) is 13.5 Å². The minimum absolute atomic E-state index is 0.0303. The van der Waals surface area contributed by atoms with E-state index < -0.39 is 5.91 Å². The molecule has 2 aromatic heterocycles. The molecule has 0 saturated carbocycles. The van der Waals surface area contributed by atoms with Gasteiger partial charge >= 0.3 is 0 Å². The minimum Gasteiger partial charge on any atom is -0.493 e. The number of fused-ring (bicyclic) bond motifs is 1. The normalized spacial score (nSPS) is 11.2. The Bertz CT molecular complexity index is 1600. The van der Waals surface area contributed by atoms with Crippen molar-refractivity contribution in [3.05, 3.63) is 83.2 Å². The fraction of sp³-hybridized carbons (Fsp3) is 0.120. The first-order chi connectivity index (χ1) is 18.0. The summed E-state index contributed by atoms with van der Waals surface area (Å²) in [6, 6.07) is 19.6. The quantitative estimate of drug-likeness (QED) is 0.242. The van der Waals surface area contributed by atoms with Gasteiger partial charge in [-0.05, 0) is 57.3 Å². The number of amides is 1. The molecular weight excluding hydrogens is 476 g/mol. The van der Waals surface area contributed by atoms with Gasteiger partial charge in [-0.3, -0.25) is 4.79 Å². The number of ether oxygens (including phenoxy) is 2. The summed E-state index contributed by atoms with van der Waals surface area (Å²) in [6.07, 6.45) is 1.48.